The first-order valence-electron chi connectivity index (χ1n) is 20.6. The number of fused-ring (bicyclic) bond motifs is 3. The van der Waals surface area contributed by atoms with E-state index in [1.54, 1.807) is 0 Å². The number of carbonyl (C=O) groups excluding carboxylic acids is 4. The number of ether oxygens (including phenoxy) is 2. The van der Waals surface area contributed by atoms with Gasteiger partial charge in [-0.3, -0.25) is 14.6 Å². The van der Waals surface area contributed by atoms with Crippen LogP contribution in [-0.2, 0) is 29.9 Å². The molecule has 2 saturated heterocycles. The van der Waals surface area contributed by atoms with E-state index in [2.05, 4.69) is 39.9 Å². The number of imidazole rings is 1. The fourth-order valence-electron chi connectivity index (χ4n) is 10.1. The first kappa shape index (κ1) is 39.6. The fourth-order valence-corrected chi connectivity index (χ4v) is 10.1. The van der Waals surface area contributed by atoms with E-state index in [-0.39, 0.29) is 46.6 Å². The maximum Gasteiger partial charge on any atom is 0.407 e. The molecule has 5 fully saturated rings. The monoisotopic (exact) mass is 769 g/mol. The van der Waals surface area contributed by atoms with Gasteiger partial charge in [0.1, 0.15) is 17.9 Å². The summed E-state index contributed by atoms with van der Waals surface area (Å²) >= 11 is 0. The Kier molecular flexibility index (Phi) is 11.3. The molecule has 3 saturated carbocycles. The summed E-state index contributed by atoms with van der Waals surface area (Å²) < 4.78 is 9.58. The number of hydrogen-bond donors (Lipinski definition) is 3. The number of carbonyl (C=O) groups is 4. The van der Waals surface area contributed by atoms with E-state index in [1.807, 2.05) is 49.9 Å². The zero-order chi connectivity index (χ0) is 39.8. The number of methoxy groups -OCH3 is 2. The highest BCUT2D eigenvalue weighted by Crippen LogP contribution is 2.58. The first-order chi connectivity index (χ1) is 26.9. The molecule has 1 aromatic carbocycles. The largest absolute Gasteiger partial charge is 0.453 e. The van der Waals surface area contributed by atoms with Gasteiger partial charge in [0, 0.05) is 48.7 Å². The molecular formula is C43H59N7O6. The van der Waals surface area contributed by atoms with Crippen LogP contribution in [0.5, 0.6) is 0 Å². The van der Waals surface area contributed by atoms with E-state index in [9.17, 15) is 19.2 Å². The maximum absolute atomic E-state index is 13.7. The highest BCUT2D eigenvalue weighted by molar-refractivity contribution is 6.03. The van der Waals surface area contributed by atoms with E-state index in [0.717, 1.165) is 75.7 Å². The van der Waals surface area contributed by atoms with E-state index < -0.39 is 24.3 Å². The Hall–Kier alpha value is -4.68. The topological polar surface area (TPSA) is 158 Å². The number of alkyl carbamates (subject to hydrolysis) is 2. The highest BCUT2D eigenvalue weighted by Gasteiger charge is 2.51. The Labute approximate surface area is 330 Å². The molecule has 3 N–H and O–H groups in total. The SMILES string of the molecule is COC(=O)N[C@H](C(=O)N1CCC[C@H]1C1=NC=C(c2ccc(C34CCC(c5cnc([C@@H]6CCCN6C(=O)[C@@H](NC(=O)OC)C(C)C)[nH]5)(CC3)CC4)cc2)C1)C(C)C. The van der Waals surface area contributed by atoms with Crippen molar-refractivity contribution in [2.75, 3.05) is 27.3 Å². The number of benzene rings is 1. The molecule has 3 aliphatic carbocycles. The second-order valence-electron chi connectivity index (χ2n) is 17.4. The summed E-state index contributed by atoms with van der Waals surface area (Å²) in [5, 5.41) is 5.47. The molecule has 0 unspecified atom stereocenters. The summed E-state index contributed by atoms with van der Waals surface area (Å²) in [6, 6.07) is 7.63. The van der Waals surface area contributed by atoms with Crippen LogP contribution in [0.4, 0.5) is 9.59 Å². The minimum atomic E-state index is -0.655. The van der Waals surface area contributed by atoms with Crippen molar-refractivity contribution in [1.82, 2.24) is 30.4 Å². The molecule has 13 heteroatoms. The zero-order valence-corrected chi connectivity index (χ0v) is 33.9. The van der Waals surface area contributed by atoms with E-state index in [1.165, 1.54) is 36.6 Å². The van der Waals surface area contributed by atoms with Crippen molar-refractivity contribution >= 4 is 35.3 Å². The number of H-pyrrole nitrogens is 1. The third-order valence-corrected chi connectivity index (χ3v) is 13.6. The van der Waals surface area contributed by atoms with Crippen LogP contribution < -0.4 is 10.6 Å². The summed E-state index contributed by atoms with van der Waals surface area (Å²) in [7, 11) is 2.62. The summed E-state index contributed by atoms with van der Waals surface area (Å²) in [4.78, 5) is 68.5. The molecule has 8 rings (SSSR count). The lowest BCUT2D eigenvalue weighted by atomic mass is 9.51. The minimum Gasteiger partial charge on any atom is -0.453 e. The lowest BCUT2D eigenvalue weighted by Gasteiger charge is -2.53. The van der Waals surface area contributed by atoms with Gasteiger partial charge in [-0.15, -0.1) is 0 Å². The van der Waals surface area contributed by atoms with Gasteiger partial charge < -0.3 is 34.9 Å². The predicted octanol–water partition coefficient (Wildman–Crippen LogP) is 6.55. The molecule has 4 atom stereocenters. The zero-order valence-electron chi connectivity index (χ0n) is 33.9. The molecule has 6 aliphatic rings. The quantitative estimate of drug-likeness (QED) is 0.234. The van der Waals surface area contributed by atoms with Gasteiger partial charge in [0.2, 0.25) is 11.8 Å². The van der Waals surface area contributed by atoms with Gasteiger partial charge in [0.25, 0.3) is 0 Å². The van der Waals surface area contributed by atoms with Crippen molar-refractivity contribution in [3.05, 3.63) is 59.3 Å². The molecule has 0 spiro atoms. The number of aromatic nitrogens is 2. The van der Waals surface area contributed by atoms with Crippen LogP contribution in [-0.4, -0.2) is 94.9 Å². The van der Waals surface area contributed by atoms with Crippen molar-refractivity contribution in [3.8, 4) is 0 Å². The standard InChI is InChI=1S/C43H59N7O6/c1-26(2)35(47-40(53)55-5)38(51)49-21-7-9-32(49)31-23-29(24-44-31)28-11-13-30(14-12-28)42-15-18-43(19-16-42,20-17-42)34-25-45-37(46-34)33-10-8-22-50(33)39(52)36(27(3)4)48-41(54)56-6/h11-14,24-27,32-33,35-36H,7-10,15-23H2,1-6H3,(H,45,46)(H,47,53)(H,48,54)/t32-,33-,35-,36-,42?,43?/m0/s1. The first-order valence-corrected chi connectivity index (χ1v) is 20.6. The lowest BCUT2D eigenvalue weighted by molar-refractivity contribution is -0.135. The molecule has 1 aromatic heterocycles. The van der Waals surface area contributed by atoms with Crippen molar-refractivity contribution in [2.24, 2.45) is 16.8 Å². The Bertz CT molecular complexity index is 1840. The molecule has 2 bridgehead atoms. The predicted molar refractivity (Wildman–Crippen MR) is 213 cm³/mol. The Morgan fingerprint density at radius 2 is 1.29 bits per heavy atom. The smallest absolute Gasteiger partial charge is 0.407 e. The normalized spacial score (nSPS) is 26.9. The molecular weight excluding hydrogens is 711 g/mol. The number of allylic oxidation sites excluding steroid dienone is 1. The second kappa shape index (κ2) is 16.1. The number of aliphatic imine (C=N–C) groups is 1. The van der Waals surface area contributed by atoms with Gasteiger partial charge in [0.05, 0.1) is 26.3 Å². The van der Waals surface area contributed by atoms with Gasteiger partial charge in [-0.1, -0.05) is 52.0 Å². The number of nitrogens with zero attached hydrogens (tertiary/aromatic N) is 4. The summed E-state index contributed by atoms with van der Waals surface area (Å²) in [5.41, 5.74) is 6.17. The van der Waals surface area contributed by atoms with Gasteiger partial charge >= 0.3 is 12.2 Å². The van der Waals surface area contributed by atoms with Crippen LogP contribution in [0.1, 0.15) is 127 Å². The van der Waals surface area contributed by atoms with Crippen LogP contribution in [0.3, 0.4) is 0 Å². The Balaban J connectivity index is 0.965. The van der Waals surface area contributed by atoms with Crippen molar-refractivity contribution in [3.63, 3.8) is 0 Å². The number of nitrogens with one attached hydrogen (secondary N) is 3. The van der Waals surface area contributed by atoms with Gasteiger partial charge in [-0.25, -0.2) is 14.6 Å². The van der Waals surface area contributed by atoms with Crippen LogP contribution in [0.15, 0.2) is 41.7 Å². The van der Waals surface area contributed by atoms with Crippen LogP contribution in [0.2, 0.25) is 0 Å². The third kappa shape index (κ3) is 7.45. The molecule has 302 valence electrons. The fraction of sp³-hybridized carbons (Fsp3) is 0.628. The lowest BCUT2D eigenvalue weighted by Crippen LogP contribution is -2.53. The Morgan fingerprint density at radius 1 is 0.768 bits per heavy atom. The number of likely N-dealkylation sites (tertiary alicyclic amines) is 2. The second-order valence-corrected chi connectivity index (χ2v) is 17.4. The molecule has 4 amide bonds. The third-order valence-electron chi connectivity index (χ3n) is 13.6. The van der Waals surface area contributed by atoms with Gasteiger partial charge in [-0.05, 0) is 98.2 Å². The molecule has 0 radical (unpaired) electrons. The minimum absolute atomic E-state index is 0.0652. The molecule has 13 nitrogen and oxygen atoms in total. The molecule has 3 aliphatic heterocycles. The van der Waals surface area contributed by atoms with E-state index >= 15 is 0 Å². The van der Waals surface area contributed by atoms with Crippen molar-refractivity contribution in [1.29, 1.82) is 0 Å². The van der Waals surface area contributed by atoms with Crippen molar-refractivity contribution in [2.45, 2.75) is 133 Å². The number of hydrogen-bond acceptors (Lipinski definition) is 8. The van der Waals surface area contributed by atoms with E-state index in [4.69, 9.17) is 19.5 Å². The van der Waals surface area contributed by atoms with Gasteiger partial charge in [-0.2, -0.15) is 0 Å². The number of aromatic amines is 1. The summed E-state index contributed by atoms with van der Waals surface area (Å²) in [5.74, 6) is 0.521. The average molecular weight is 770 g/mol. The summed E-state index contributed by atoms with van der Waals surface area (Å²) in [6.07, 6.45) is 13.6. The number of amides is 4. The van der Waals surface area contributed by atoms with E-state index in [0.29, 0.717) is 19.5 Å². The summed E-state index contributed by atoms with van der Waals surface area (Å²) in [6.45, 7) is 9.02. The van der Waals surface area contributed by atoms with Crippen LogP contribution in [0, 0.1) is 11.8 Å². The number of rotatable bonds is 11. The Morgan fingerprint density at radius 3 is 1.82 bits per heavy atom. The molecule has 2 aromatic rings. The molecule has 56 heavy (non-hydrogen) atoms. The van der Waals surface area contributed by atoms with Crippen LogP contribution in [0.25, 0.3) is 5.57 Å². The van der Waals surface area contributed by atoms with Crippen LogP contribution >= 0.6 is 0 Å². The molecule has 4 heterocycles. The highest BCUT2D eigenvalue weighted by atomic mass is 16.5. The maximum atomic E-state index is 13.7. The van der Waals surface area contributed by atoms with Gasteiger partial charge in [0.15, 0.2) is 0 Å². The van der Waals surface area contributed by atoms with Crippen molar-refractivity contribution < 1.29 is 28.7 Å². The average Bonchev–Trinajstić information content (AvgIpc) is 4.06.